The second-order valence-corrected chi connectivity index (χ2v) is 6.79. The first kappa shape index (κ1) is 14.2. The number of para-hydroxylation sites is 1. The Bertz CT molecular complexity index is 777. The normalized spacial score (nSPS) is 11.0. The summed E-state index contributed by atoms with van der Waals surface area (Å²) in [5, 5.41) is 1.11. The number of amides is 1. The van der Waals surface area contributed by atoms with Crippen molar-refractivity contribution in [3.05, 3.63) is 57.4 Å². The molecule has 2 aromatic heterocycles. The lowest BCUT2D eigenvalue weighted by atomic mass is 10.1. The van der Waals surface area contributed by atoms with Gasteiger partial charge in [-0.25, -0.2) is 0 Å². The van der Waals surface area contributed by atoms with E-state index >= 15 is 0 Å². The van der Waals surface area contributed by atoms with Gasteiger partial charge in [-0.2, -0.15) is 0 Å². The van der Waals surface area contributed by atoms with Crippen LogP contribution in [0.15, 0.2) is 42.6 Å². The summed E-state index contributed by atoms with van der Waals surface area (Å²) in [7, 11) is 1.82. The largest absolute Gasteiger partial charge is 0.361 e. The number of thiophene rings is 1. The molecule has 3 rings (SSSR count). The number of hydrogen-bond acceptors (Lipinski definition) is 2. The quantitative estimate of drug-likeness (QED) is 0.773. The maximum Gasteiger partial charge on any atom is 0.227 e. The first-order valence-corrected chi connectivity index (χ1v) is 7.86. The number of carbonyl (C=O) groups is 1. The van der Waals surface area contributed by atoms with Crippen LogP contribution in [0.3, 0.4) is 0 Å². The SMILES string of the molecule is CN(Cc1ccc(Cl)s1)C(=O)Cc1c[nH]c2ccccc12. The van der Waals surface area contributed by atoms with Crippen molar-refractivity contribution < 1.29 is 4.79 Å². The molecule has 0 saturated heterocycles. The Morgan fingerprint density at radius 3 is 2.86 bits per heavy atom. The lowest BCUT2D eigenvalue weighted by molar-refractivity contribution is -0.129. The van der Waals surface area contributed by atoms with E-state index in [1.54, 1.807) is 4.90 Å². The van der Waals surface area contributed by atoms with Crippen LogP contribution in [0.4, 0.5) is 0 Å². The third-order valence-corrected chi connectivity index (χ3v) is 4.68. The van der Waals surface area contributed by atoms with Gasteiger partial charge >= 0.3 is 0 Å². The van der Waals surface area contributed by atoms with Crippen LogP contribution in [-0.2, 0) is 17.8 Å². The number of H-pyrrole nitrogens is 1. The van der Waals surface area contributed by atoms with Crippen molar-refractivity contribution in [1.82, 2.24) is 9.88 Å². The zero-order valence-corrected chi connectivity index (χ0v) is 13.2. The van der Waals surface area contributed by atoms with E-state index in [1.165, 1.54) is 11.3 Å². The van der Waals surface area contributed by atoms with Gasteiger partial charge in [-0.05, 0) is 23.8 Å². The molecule has 21 heavy (non-hydrogen) atoms. The smallest absolute Gasteiger partial charge is 0.227 e. The molecule has 3 aromatic rings. The summed E-state index contributed by atoms with van der Waals surface area (Å²) >= 11 is 7.42. The number of carbonyl (C=O) groups excluding carboxylic acids is 1. The highest BCUT2D eigenvalue weighted by atomic mass is 35.5. The Morgan fingerprint density at radius 1 is 1.29 bits per heavy atom. The molecule has 0 bridgehead atoms. The highest BCUT2D eigenvalue weighted by Gasteiger charge is 2.13. The summed E-state index contributed by atoms with van der Waals surface area (Å²) in [6.45, 7) is 0.596. The topological polar surface area (TPSA) is 36.1 Å². The predicted molar refractivity (Wildman–Crippen MR) is 87.8 cm³/mol. The van der Waals surface area contributed by atoms with Crippen LogP contribution in [0, 0.1) is 0 Å². The predicted octanol–water partition coefficient (Wildman–Crippen LogP) is 4.08. The molecule has 5 heteroatoms. The molecule has 0 aliphatic heterocycles. The van der Waals surface area contributed by atoms with Crippen molar-refractivity contribution in [1.29, 1.82) is 0 Å². The molecule has 0 unspecified atom stereocenters. The van der Waals surface area contributed by atoms with E-state index in [9.17, 15) is 4.79 Å². The minimum atomic E-state index is 0.101. The maximum atomic E-state index is 12.3. The van der Waals surface area contributed by atoms with Crippen LogP contribution in [0.25, 0.3) is 10.9 Å². The Hall–Kier alpha value is -1.78. The highest BCUT2D eigenvalue weighted by Crippen LogP contribution is 2.23. The molecular weight excluding hydrogens is 304 g/mol. The van der Waals surface area contributed by atoms with Gasteiger partial charge in [0, 0.05) is 29.0 Å². The molecular formula is C16H15ClN2OS. The number of aromatic nitrogens is 1. The van der Waals surface area contributed by atoms with E-state index in [4.69, 9.17) is 11.6 Å². The van der Waals surface area contributed by atoms with Gasteiger partial charge in [0.05, 0.1) is 17.3 Å². The molecule has 2 heterocycles. The number of nitrogens with one attached hydrogen (secondary N) is 1. The molecule has 0 radical (unpaired) electrons. The van der Waals surface area contributed by atoms with E-state index in [1.807, 2.05) is 49.6 Å². The lowest BCUT2D eigenvalue weighted by Crippen LogP contribution is -2.27. The number of fused-ring (bicyclic) bond motifs is 1. The number of hydrogen-bond donors (Lipinski definition) is 1. The first-order valence-electron chi connectivity index (χ1n) is 6.66. The van der Waals surface area contributed by atoms with Crippen LogP contribution >= 0.6 is 22.9 Å². The standard InChI is InChI=1S/C16H15ClN2OS/c1-19(10-12-6-7-15(17)21-12)16(20)8-11-9-18-14-5-3-2-4-13(11)14/h2-7,9,18H,8,10H2,1H3. The molecule has 1 aromatic carbocycles. The Kier molecular flexibility index (Phi) is 3.99. The van der Waals surface area contributed by atoms with E-state index in [-0.39, 0.29) is 5.91 Å². The van der Waals surface area contributed by atoms with Crippen molar-refractivity contribution in [3.63, 3.8) is 0 Å². The van der Waals surface area contributed by atoms with Gasteiger partial charge in [-0.1, -0.05) is 29.8 Å². The van der Waals surface area contributed by atoms with Crippen molar-refractivity contribution in [2.75, 3.05) is 7.05 Å². The Balaban J connectivity index is 1.70. The van der Waals surface area contributed by atoms with Gasteiger partial charge in [-0.15, -0.1) is 11.3 Å². The average molecular weight is 319 g/mol. The third kappa shape index (κ3) is 3.12. The van der Waals surface area contributed by atoms with Gasteiger partial charge in [0.2, 0.25) is 5.91 Å². The molecule has 108 valence electrons. The number of aromatic amines is 1. The first-order chi connectivity index (χ1) is 10.1. The fraction of sp³-hybridized carbons (Fsp3) is 0.188. The molecule has 3 nitrogen and oxygen atoms in total. The molecule has 1 N–H and O–H groups in total. The number of nitrogens with zero attached hydrogens (tertiary/aromatic N) is 1. The van der Waals surface area contributed by atoms with E-state index < -0.39 is 0 Å². The van der Waals surface area contributed by atoms with Crippen LogP contribution < -0.4 is 0 Å². The fourth-order valence-electron chi connectivity index (χ4n) is 2.33. The summed E-state index contributed by atoms with van der Waals surface area (Å²) in [4.78, 5) is 18.4. The van der Waals surface area contributed by atoms with Gasteiger partial charge in [0.25, 0.3) is 0 Å². The number of rotatable bonds is 4. The fourth-order valence-corrected chi connectivity index (χ4v) is 3.48. The van der Waals surface area contributed by atoms with E-state index in [2.05, 4.69) is 4.98 Å². The van der Waals surface area contributed by atoms with Crippen molar-refractivity contribution in [2.24, 2.45) is 0 Å². The minimum Gasteiger partial charge on any atom is -0.361 e. The third-order valence-electron chi connectivity index (χ3n) is 3.46. The number of likely N-dealkylation sites (N-methyl/N-ethyl adjacent to an activating group) is 1. The van der Waals surface area contributed by atoms with Crippen molar-refractivity contribution in [3.8, 4) is 0 Å². The van der Waals surface area contributed by atoms with E-state index in [0.29, 0.717) is 13.0 Å². The Morgan fingerprint density at radius 2 is 2.10 bits per heavy atom. The minimum absolute atomic E-state index is 0.101. The van der Waals surface area contributed by atoms with Gasteiger partial charge in [0.15, 0.2) is 0 Å². The zero-order chi connectivity index (χ0) is 14.8. The molecule has 0 fully saturated rings. The summed E-state index contributed by atoms with van der Waals surface area (Å²) in [5.74, 6) is 0.101. The van der Waals surface area contributed by atoms with Crippen LogP contribution in [0.5, 0.6) is 0 Å². The van der Waals surface area contributed by atoms with Gasteiger partial charge < -0.3 is 9.88 Å². The van der Waals surface area contributed by atoms with Crippen molar-refractivity contribution in [2.45, 2.75) is 13.0 Å². The Labute approximate surface area is 132 Å². The molecule has 0 atom stereocenters. The van der Waals surface area contributed by atoms with Gasteiger partial charge in [-0.3, -0.25) is 4.79 Å². The summed E-state index contributed by atoms with van der Waals surface area (Å²) in [6, 6.07) is 11.8. The molecule has 1 amide bonds. The maximum absolute atomic E-state index is 12.3. The number of benzene rings is 1. The van der Waals surface area contributed by atoms with Gasteiger partial charge in [0.1, 0.15) is 0 Å². The monoisotopic (exact) mass is 318 g/mol. The lowest BCUT2D eigenvalue weighted by Gasteiger charge is -2.16. The average Bonchev–Trinajstić information content (AvgIpc) is 3.06. The van der Waals surface area contributed by atoms with Crippen LogP contribution in [0.2, 0.25) is 4.34 Å². The molecule has 0 spiro atoms. The second-order valence-electron chi connectivity index (χ2n) is 4.99. The summed E-state index contributed by atoms with van der Waals surface area (Å²) in [5.41, 5.74) is 2.10. The highest BCUT2D eigenvalue weighted by molar-refractivity contribution is 7.16. The molecule has 0 aliphatic carbocycles. The molecule has 0 saturated carbocycles. The van der Waals surface area contributed by atoms with Crippen LogP contribution in [0.1, 0.15) is 10.4 Å². The summed E-state index contributed by atoms with van der Waals surface area (Å²) in [6.07, 6.45) is 2.32. The second kappa shape index (κ2) is 5.92. The number of halogens is 1. The van der Waals surface area contributed by atoms with Crippen molar-refractivity contribution >= 4 is 39.7 Å². The zero-order valence-electron chi connectivity index (χ0n) is 11.6. The van der Waals surface area contributed by atoms with E-state index in [0.717, 1.165) is 25.7 Å². The molecule has 0 aliphatic rings. The summed E-state index contributed by atoms with van der Waals surface area (Å²) < 4.78 is 0.752. The van der Waals surface area contributed by atoms with Crippen LogP contribution in [-0.4, -0.2) is 22.8 Å².